The summed E-state index contributed by atoms with van der Waals surface area (Å²) in [6, 6.07) is 23.8. The van der Waals surface area contributed by atoms with Crippen LogP contribution in [-0.2, 0) is 0 Å². The zero-order valence-electron chi connectivity index (χ0n) is 14.1. The molecule has 0 aromatic heterocycles. The number of piperidine rings is 4. The largest absolute Gasteiger partial charge is 0.311 e. The van der Waals surface area contributed by atoms with Crippen LogP contribution < -0.4 is 5.32 Å². The van der Waals surface area contributed by atoms with Crippen LogP contribution in [0.1, 0.15) is 35.8 Å². The van der Waals surface area contributed by atoms with Crippen molar-refractivity contribution >= 4 is 0 Å². The second kappa shape index (κ2) is 6.02. The summed E-state index contributed by atoms with van der Waals surface area (Å²) >= 11 is 0. The molecule has 4 fully saturated rings. The second-order valence-corrected chi connectivity index (χ2v) is 7.75. The molecule has 24 heavy (non-hydrogen) atoms. The minimum atomic E-state index is 0.564. The van der Waals surface area contributed by atoms with Crippen molar-refractivity contribution in [3.05, 3.63) is 71.8 Å². The molecule has 0 radical (unpaired) electrons. The molecular weight excluding hydrogens is 292 g/mol. The predicted octanol–water partition coefficient (Wildman–Crippen LogP) is 3.62. The maximum atomic E-state index is 3.96. The molecule has 4 heterocycles. The molecule has 2 bridgehead atoms. The van der Waals surface area contributed by atoms with E-state index in [4.69, 9.17) is 0 Å². The van der Waals surface area contributed by atoms with Crippen molar-refractivity contribution in [3.63, 3.8) is 0 Å². The summed E-state index contributed by atoms with van der Waals surface area (Å²) in [7, 11) is 0. The average Bonchev–Trinajstić information content (AvgIpc) is 2.69. The SMILES string of the molecule is c1ccc([C@H]2[C@H]3[C@@H](NC[C@@H]2c2ccccc2)C2CCN3CC2)cc1. The molecule has 4 saturated heterocycles. The molecule has 124 valence electrons. The Balaban J connectivity index is 1.59. The van der Waals surface area contributed by atoms with Crippen LogP contribution >= 0.6 is 0 Å². The number of nitrogens with zero attached hydrogens (tertiary/aromatic N) is 1. The highest BCUT2D eigenvalue weighted by atomic mass is 15.2. The van der Waals surface area contributed by atoms with E-state index in [1.54, 1.807) is 0 Å². The van der Waals surface area contributed by atoms with E-state index in [2.05, 4.69) is 70.9 Å². The summed E-state index contributed by atoms with van der Waals surface area (Å²) in [5.74, 6) is 2.04. The van der Waals surface area contributed by atoms with Gasteiger partial charge in [0.1, 0.15) is 0 Å². The Kier molecular flexibility index (Phi) is 3.68. The van der Waals surface area contributed by atoms with Crippen LogP contribution in [0.15, 0.2) is 60.7 Å². The third-order valence-corrected chi connectivity index (χ3v) is 6.66. The van der Waals surface area contributed by atoms with Gasteiger partial charge >= 0.3 is 0 Å². The van der Waals surface area contributed by atoms with E-state index < -0.39 is 0 Å². The van der Waals surface area contributed by atoms with Crippen molar-refractivity contribution in [2.45, 2.75) is 36.8 Å². The molecule has 1 N–H and O–H groups in total. The van der Waals surface area contributed by atoms with Crippen LogP contribution in [0.25, 0.3) is 0 Å². The van der Waals surface area contributed by atoms with Gasteiger partial charge in [-0.2, -0.15) is 0 Å². The molecule has 0 aliphatic carbocycles. The number of fused-ring (bicyclic) bond motifs is 2. The first-order chi connectivity index (χ1) is 11.9. The van der Waals surface area contributed by atoms with Crippen LogP contribution in [-0.4, -0.2) is 36.6 Å². The lowest BCUT2D eigenvalue weighted by atomic mass is 9.65. The van der Waals surface area contributed by atoms with Gasteiger partial charge in [-0.25, -0.2) is 0 Å². The van der Waals surface area contributed by atoms with Crippen molar-refractivity contribution in [2.24, 2.45) is 5.92 Å². The second-order valence-electron chi connectivity index (χ2n) is 7.75. The highest BCUT2D eigenvalue weighted by molar-refractivity contribution is 5.33. The van der Waals surface area contributed by atoms with E-state index in [1.165, 1.54) is 37.1 Å². The number of benzene rings is 2. The number of hydrogen-bond donors (Lipinski definition) is 1. The summed E-state index contributed by atoms with van der Waals surface area (Å²) in [5.41, 5.74) is 3.01. The summed E-state index contributed by atoms with van der Waals surface area (Å²) < 4.78 is 0. The fourth-order valence-electron chi connectivity index (χ4n) is 5.58. The maximum absolute atomic E-state index is 3.96. The van der Waals surface area contributed by atoms with Gasteiger partial charge in [-0.1, -0.05) is 60.7 Å². The van der Waals surface area contributed by atoms with Gasteiger partial charge in [-0.05, 0) is 43.0 Å². The molecule has 2 heteroatoms. The molecule has 2 nitrogen and oxygen atoms in total. The lowest BCUT2D eigenvalue weighted by molar-refractivity contribution is -0.0210. The molecule has 0 spiro atoms. The van der Waals surface area contributed by atoms with Crippen LogP contribution in [0.3, 0.4) is 0 Å². The Morgan fingerprint density at radius 3 is 2.08 bits per heavy atom. The Morgan fingerprint density at radius 2 is 1.42 bits per heavy atom. The van der Waals surface area contributed by atoms with Crippen molar-refractivity contribution in [2.75, 3.05) is 19.6 Å². The van der Waals surface area contributed by atoms with Gasteiger partial charge in [-0.3, -0.25) is 4.90 Å². The van der Waals surface area contributed by atoms with Crippen molar-refractivity contribution < 1.29 is 0 Å². The van der Waals surface area contributed by atoms with Crippen LogP contribution in [0.2, 0.25) is 0 Å². The molecule has 6 rings (SSSR count). The first-order valence-corrected chi connectivity index (χ1v) is 9.49. The number of rotatable bonds is 2. The standard InChI is InChI=1S/C22H26N2/c1-3-7-16(8-4-1)19-15-23-21-18-11-13-24(14-12-18)22(21)20(19)17-9-5-2-6-10-17/h1-10,18-23H,11-15H2/t19-,20-,21+,22+/m1/s1. The molecule has 0 saturated carbocycles. The molecule has 4 aliphatic rings. The number of nitrogens with one attached hydrogen (secondary N) is 1. The molecule has 4 aliphatic heterocycles. The van der Waals surface area contributed by atoms with Gasteiger partial charge in [0.05, 0.1) is 0 Å². The summed E-state index contributed by atoms with van der Waals surface area (Å²) in [4.78, 5) is 2.78. The minimum Gasteiger partial charge on any atom is -0.311 e. The summed E-state index contributed by atoms with van der Waals surface area (Å²) in [5, 5.41) is 3.96. The molecule has 2 aromatic carbocycles. The van der Waals surface area contributed by atoms with Crippen molar-refractivity contribution in [1.82, 2.24) is 10.2 Å². The molecular formula is C22H26N2. The van der Waals surface area contributed by atoms with Crippen molar-refractivity contribution in [1.29, 1.82) is 0 Å². The third-order valence-electron chi connectivity index (χ3n) is 6.66. The normalized spacial score (nSPS) is 37.8. The fourth-order valence-corrected chi connectivity index (χ4v) is 5.58. The van der Waals surface area contributed by atoms with Crippen LogP contribution in [0, 0.1) is 5.92 Å². The monoisotopic (exact) mass is 318 g/mol. The molecule has 2 aromatic rings. The van der Waals surface area contributed by atoms with Gasteiger partial charge in [0.25, 0.3) is 0 Å². The Bertz CT molecular complexity index is 676. The van der Waals surface area contributed by atoms with E-state index in [0.717, 1.165) is 12.5 Å². The highest BCUT2D eigenvalue weighted by Crippen LogP contribution is 2.47. The smallest absolute Gasteiger partial charge is 0.0327 e. The average molecular weight is 318 g/mol. The lowest BCUT2D eigenvalue weighted by Gasteiger charge is -2.58. The van der Waals surface area contributed by atoms with E-state index >= 15 is 0 Å². The van der Waals surface area contributed by atoms with Crippen LogP contribution in [0.4, 0.5) is 0 Å². The van der Waals surface area contributed by atoms with Crippen molar-refractivity contribution in [3.8, 4) is 0 Å². The first kappa shape index (κ1) is 14.7. The lowest BCUT2D eigenvalue weighted by Crippen LogP contribution is -2.68. The zero-order valence-corrected chi connectivity index (χ0v) is 14.1. The molecule has 4 atom stereocenters. The third kappa shape index (κ3) is 2.32. The highest BCUT2D eigenvalue weighted by Gasteiger charge is 2.50. The quantitative estimate of drug-likeness (QED) is 0.910. The fraction of sp³-hybridized carbons (Fsp3) is 0.455. The van der Waals surface area contributed by atoms with Gasteiger partial charge < -0.3 is 5.32 Å². The van der Waals surface area contributed by atoms with Gasteiger partial charge in [0, 0.05) is 30.5 Å². The van der Waals surface area contributed by atoms with Gasteiger partial charge in [-0.15, -0.1) is 0 Å². The summed E-state index contributed by atoms with van der Waals surface area (Å²) in [6.45, 7) is 3.69. The van der Waals surface area contributed by atoms with E-state index in [0.29, 0.717) is 23.9 Å². The molecule has 0 unspecified atom stereocenters. The predicted molar refractivity (Wildman–Crippen MR) is 98.2 cm³/mol. The van der Waals surface area contributed by atoms with E-state index in [1.807, 2.05) is 0 Å². The first-order valence-electron chi connectivity index (χ1n) is 9.49. The minimum absolute atomic E-state index is 0.564. The zero-order chi connectivity index (χ0) is 15.9. The topological polar surface area (TPSA) is 15.3 Å². The Hall–Kier alpha value is -1.64. The Morgan fingerprint density at radius 1 is 0.792 bits per heavy atom. The maximum Gasteiger partial charge on any atom is 0.0327 e. The Labute approximate surface area is 144 Å². The van der Waals surface area contributed by atoms with E-state index in [9.17, 15) is 0 Å². The van der Waals surface area contributed by atoms with Crippen LogP contribution in [0.5, 0.6) is 0 Å². The van der Waals surface area contributed by atoms with E-state index in [-0.39, 0.29) is 0 Å². The molecule has 0 amide bonds. The van der Waals surface area contributed by atoms with Gasteiger partial charge in [0.2, 0.25) is 0 Å². The number of hydrogen-bond acceptors (Lipinski definition) is 2. The van der Waals surface area contributed by atoms with Gasteiger partial charge in [0.15, 0.2) is 0 Å². The summed E-state index contributed by atoms with van der Waals surface area (Å²) in [6.07, 6.45) is 2.76.